The van der Waals surface area contributed by atoms with Crippen molar-refractivity contribution in [3.05, 3.63) is 59.7 Å². The Kier molecular flexibility index (Phi) is 5.29. The highest BCUT2D eigenvalue weighted by Gasteiger charge is 2.22. The second kappa shape index (κ2) is 7.50. The van der Waals surface area contributed by atoms with Crippen molar-refractivity contribution < 1.29 is 18.0 Å². The van der Waals surface area contributed by atoms with Crippen molar-refractivity contribution in [3.63, 3.8) is 0 Å². The number of amides is 2. The molecule has 0 aromatic heterocycles. The van der Waals surface area contributed by atoms with Crippen molar-refractivity contribution in [2.75, 3.05) is 11.4 Å². The third-order valence-electron chi connectivity index (χ3n) is 4.57. The molecular weight excluding hydrogens is 366 g/mol. The molecule has 27 heavy (non-hydrogen) atoms. The van der Waals surface area contributed by atoms with E-state index in [2.05, 4.69) is 5.32 Å². The summed E-state index contributed by atoms with van der Waals surface area (Å²) in [6.45, 7) is 2.51. The van der Waals surface area contributed by atoms with Crippen molar-refractivity contribution in [3.8, 4) is 0 Å². The quantitative estimate of drug-likeness (QED) is 0.817. The van der Waals surface area contributed by atoms with Gasteiger partial charge < -0.3 is 10.2 Å². The zero-order valence-electron chi connectivity index (χ0n) is 14.9. The number of hydrogen-bond donors (Lipinski definition) is 2. The van der Waals surface area contributed by atoms with Crippen LogP contribution in [0.15, 0.2) is 53.4 Å². The molecule has 0 saturated carbocycles. The molecule has 1 atom stereocenters. The standard InChI is InChI=1S/C19H21N3O4S/c1-13(14-6-10-17(11-7-14)27(20,25)26)21-19(24)15-4-8-16(9-5-15)22-12-2-3-18(22)23/h4-11,13H,2-3,12H2,1H3,(H,21,24)(H2,20,25,26). The summed E-state index contributed by atoms with van der Waals surface area (Å²) in [5.74, 6) is -0.152. The number of carbonyl (C=O) groups is 2. The number of sulfonamides is 1. The van der Waals surface area contributed by atoms with E-state index in [9.17, 15) is 18.0 Å². The number of nitrogens with zero attached hydrogens (tertiary/aromatic N) is 1. The number of primary sulfonamides is 1. The number of rotatable bonds is 5. The van der Waals surface area contributed by atoms with Crippen molar-refractivity contribution >= 4 is 27.5 Å². The van der Waals surface area contributed by atoms with Gasteiger partial charge in [-0.1, -0.05) is 12.1 Å². The molecule has 1 aliphatic rings. The van der Waals surface area contributed by atoms with Gasteiger partial charge in [0.25, 0.3) is 5.91 Å². The lowest BCUT2D eigenvalue weighted by Gasteiger charge is -2.17. The highest BCUT2D eigenvalue weighted by Crippen LogP contribution is 2.22. The lowest BCUT2D eigenvalue weighted by atomic mass is 10.1. The summed E-state index contributed by atoms with van der Waals surface area (Å²) in [7, 11) is -3.74. The summed E-state index contributed by atoms with van der Waals surface area (Å²) >= 11 is 0. The average Bonchev–Trinajstić information content (AvgIpc) is 3.07. The Morgan fingerprint density at radius 3 is 2.26 bits per heavy atom. The molecular formula is C19H21N3O4S. The van der Waals surface area contributed by atoms with Crippen LogP contribution < -0.4 is 15.4 Å². The first-order valence-corrected chi connectivity index (χ1v) is 10.1. The van der Waals surface area contributed by atoms with E-state index in [0.29, 0.717) is 18.5 Å². The fourth-order valence-corrected chi connectivity index (χ4v) is 3.54. The van der Waals surface area contributed by atoms with Crippen LogP contribution in [0, 0.1) is 0 Å². The maximum atomic E-state index is 12.4. The Hall–Kier alpha value is -2.71. The van der Waals surface area contributed by atoms with E-state index in [0.717, 1.165) is 17.7 Å². The van der Waals surface area contributed by atoms with Crippen LogP contribution >= 0.6 is 0 Å². The summed E-state index contributed by atoms with van der Waals surface area (Å²) in [6, 6.07) is 12.7. The predicted molar refractivity (Wildman–Crippen MR) is 102 cm³/mol. The minimum atomic E-state index is -3.74. The first-order chi connectivity index (χ1) is 12.8. The van der Waals surface area contributed by atoms with Gasteiger partial charge in [0.15, 0.2) is 0 Å². The second-order valence-electron chi connectivity index (χ2n) is 6.50. The van der Waals surface area contributed by atoms with E-state index >= 15 is 0 Å². The Labute approximate surface area is 158 Å². The number of nitrogens with one attached hydrogen (secondary N) is 1. The van der Waals surface area contributed by atoms with Gasteiger partial charge in [0, 0.05) is 24.2 Å². The minimum Gasteiger partial charge on any atom is -0.346 e. The van der Waals surface area contributed by atoms with Gasteiger partial charge in [-0.3, -0.25) is 9.59 Å². The van der Waals surface area contributed by atoms with Gasteiger partial charge in [0.1, 0.15) is 0 Å². The summed E-state index contributed by atoms with van der Waals surface area (Å²) < 4.78 is 22.6. The van der Waals surface area contributed by atoms with E-state index in [4.69, 9.17) is 5.14 Å². The van der Waals surface area contributed by atoms with E-state index in [1.807, 2.05) is 0 Å². The van der Waals surface area contributed by atoms with Crippen molar-refractivity contribution in [1.29, 1.82) is 0 Å². The number of hydrogen-bond acceptors (Lipinski definition) is 4. The van der Waals surface area contributed by atoms with Crippen LogP contribution in [-0.4, -0.2) is 26.8 Å². The third kappa shape index (κ3) is 4.35. The lowest BCUT2D eigenvalue weighted by molar-refractivity contribution is -0.117. The Morgan fingerprint density at radius 2 is 1.74 bits per heavy atom. The van der Waals surface area contributed by atoms with Crippen molar-refractivity contribution in [2.45, 2.75) is 30.7 Å². The third-order valence-corrected chi connectivity index (χ3v) is 5.50. The normalized spacial score (nSPS) is 15.6. The molecule has 7 nitrogen and oxygen atoms in total. The summed E-state index contributed by atoms with van der Waals surface area (Å²) in [5.41, 5.74) is 2.04. The van der Waals surface area contributed by atoms with E-state index in [-0.39, 0.29) is 22.8 Å². The molecule has 1 heterocycles. The molecule has 0 bridgehead atoms. The minimum absolute atomic E-state index is 0.0248. The molecule has 0 radical (unpaired) electrons. The molecule has 1 aliphatic heterocycles. The molecule has 1 fully saturated rings. The molecule has 2 aromatic rings. The van der Waals surface area contributed by atoms with Crippen molar-refractivity contribution in [2.24, 2.45) is 5.14 Å². The number of anilines is 1. The fourth-order valence-electron chi connectivity index (χ4n) is 3.02. The topological polar surface area (TPSA) is 110 Å². The van der Waals surface area contributed by atoms with Gasteiger partial charge in [0.2, 0.25) is 15.9 Å². The van der Waals surface area contributed by atoms with Crippen LogP contribution in [0.3, 0.4) is 0 Å². The second-order valence-corrected chi connectivity index (χ2v) is 8.07. The van der Waals surface area contributed by atoms with Gasteiger partial charge in [-0.15, -0.1) is 0 Å². The fraction of sp³-hybridized carbons (Fsp3) is 0.263. The largest absolute Gasteiger partial charge is 0.346 e. The van der Waals surface area contributed by atoms with Gasteiger partial charge >= 0.3 is 0 Å². The molecule has 142 valence electrons. The molecule has 1 unspecified atom stereocenters. The van der Waals surface area contributed by atoms with Crippen LogP contribution in [-0.2, 0) is 14.8 Å². The zero-order valence-corrected chi connectivity index (χ0v) is 15.7. The van der Waals surface area contributed by atoms with E-state index < -0.39 is 10.0 Å². The SMILES string of the molecule is CC(NC(=O)c1ccc(N2CCCC2=O)cc1)c1ccc(S(N)(=O)=O)cc1. The molecule has 0 aliphatic carbocycles. The zero-order chi connectivity index (χ0) is 19.6. The first kappa shape index (κ1) is 19.1. The molecule has 8 heteroatoms. The highest BCUT2D eigenvalue weighted by atomic mass is 32.2. The van der Waals surface area contributed by atoms with E-state index in [1.165, 1.54) is 12.1 Å². The molecule has 0 spiro atoms. The van der Waals surface area contributed by atoms with Crippen LogP contribution in [0.4, 0.5) is 5.69 Å². The van der Waals surface area contributed by atoms with Gasteiger partial charge in [-0.25, -0.2) is 13.6 Å². The molecule has 3 rings (SSSR count). The highest BCUT2D eigenvalue weighted by molar-refractivity contribution is 7.89. The maximum Gasteiger partial charge on any atom is 0.251 e. The molecule has 1 saturated heterocycles. The van der Waals surface area contributed by atoms with Crippen LogP contribution in [0.1, 0.15) is 41.7 Å². The average molecular weight is 387 g/mol. The monoisotopic (exact) mass is 387 g/mol. The Balaban J connectivity index is 1.66. The Bertz CT molecular complexity index is 953. The van der Waals surface area contributed by atoms with E-state index in [1.54, 1.807) is 48.2 Å². The predicted octanol–water partition coefficient (Wildman–Crippen LogP) is 1.95. The molecule has 3 N–H and O–H groups in total. The molecule has 2 amide bonds. The van der Waals surface area contributed by atoms with Gasteiger partial charge in [0.05, 0.1) is 10.9 Å². The number of nitrogens with two attached hydrogens (primary N) is 1. The van der Waals surface area contributed by atoms with Crippen molar-refractivity contribution in [1.82, 2.24) is 5.32 Å². The summed E-state index contributed by atoms with van der Waals surface area (Å²) in [4.78, 5) is 26.0. The lowest BCUT2D eigenvalue weighted by Crippen LogP contribution is -2.27. The number of benzene rings is 2. The summed E-state index contributed by atoms with van der Waals surface area (Å²) in [5, 5.41) is 7.95. The summed E-state index contributed by atoms with van der Waals surface area (Å²) in [6.07, 6.45) is 1.41. The smallest absolute Gasteiger partial charge is 0.251 e. The van der Waals surface area contributed by atoms with Crippen LogP contribution in [0.25, 0.3) is 0 Å². The van der Waals surface area contributed by atoms with Crippen LogP contribution in [0.2, 0.25) is 0 Å². The van der Waals surface area contributed by atoms with Gasteiger partial charge in [-0.05, 0) is 55.3 Å². The molecule has 2 aromatic carbocycles. The first-order valence-electron chi connectivity index (χ1n) is 8.60. The van der Waals surface area contributed by atoms with Gasteiger partial charge in [-0.2, -0.15) is 0 Å². The number of carbonyl (C=O) groups excluding carboxylic acids is 2. The Morgan fingerprint density at radius 1 is 1.11 bits per heavy atom. The van der Waals surface area contributed by atoms with Crippen LogP contribution in [0.5, 0.6) is 0 Å². The maximum absolute atomic E-state index is 12.4.